The smallest absolute Gasteiger partial charge is 0.260 e. The lowest BCUT2D eigenvalue weighted by Gasteiger charge is -2.26. The van der Waals surface area contributed by atoms with Gasteiger partial charge < -0.3 is 15.0 Å². The molecule has 2 aromatic rings. The molecule has 0 bridgehead atoms. The predicted octanol–water partition coefficient (Wildman–Crippen LogP) is 2.76. The molecule has 2 aliphatic rings. The molecule has 2 heterocycles. The largest absolute Gasteiger partial charge is 0.484 e. The van der Waals surface area contributed by atoms with E-state index in [1.807, 2.05) is 31.2 Å². The molecule has 26 heavy (non-hydrogen) atoms. The van der Waals surface area contributed by atoms with Crippen molar-refractivity contribution in [2.45, 2.75) is 32.7 Å². The molecule has 1 aliphatic heterocycles. The van der Waals surface area contributed by atoms with E-state index >= 15 is 0 Å². The van der Waals surface area contributed by atoms with Crippen molar-refractivity contribution in [3.05, 3.63) is 40.4 Å². The summed E-state index contributed by atoms with van der Waals surface area (Å²) in [6.07, 6.45) is 2.65. The molecule has 1 fully saturated rings. The van der Waals surface area contributed by atoms with Crippen LogP contribution in [0.1, 0.15) is 29.0 Å². The van der Waals surface area contributed by atoms with Crippen LogP contribution in [0.25, 0.3) is 0 Å². The summed E-state index contributed by atoms with van der Waals surface area (Å²) in [5, 5.41) is 3.55. The zero-order chi connectivity index (χ0) is 18.1. The van der Waals surface area contributed by atoms with Crippen LogP contribution in [0, 0.1) is 12.8 Å². The summed E-state index contributed by atoms with van der Waals surface area (Å²) >= 11 is 1.47. The van der Waals surface area contributed by atoms with Crippen LogP contribution in [0.4, 0.5) is 5.13 Å². The van der Waals surface area contributed by atoms with Crippen molar-refractivity contribution in [1.82, 2.24) is 9.88 Å². The van der Waals surface area contributed by atoms with Gasteiger partial charge in [0.2, 0.25) is 5.91 Å². The second-order valence-corrected chi connectivity index (χ2v) is 7.90. The summed E-state index contributed by atoms with van der Waals surface area (Å²) in [5.41, 5.74) is 2.15. The van der Waals surface area contributed by atoms with Gasteiger partial charge in [0, 0.05) is 23.8 Å². The lowest BCUT2D eigenvalue weighted by atomic mass is 10.2. The number of aromatic nitrogens is 1. The standard InChI is InChI=1S/C19H21N3O3S/c1-12-2-6-14(7-3-12)25-11-17(23)22-9-8-15-16(10-22)26-19(20-15)21-18(24)13-4-5-13/h2-3,6-7,13H,4-5,8-11H2,1H3,(H,20,21,24). The number of fused-ring (bicyclic) bond motifs is 1. The Hall–Kier alpha value is -2.41. The van der Waals surface area contributed by atoms with Crippen molar-refractivity contribution >= 4 is 28.3 Å². The van der Waals surface area contributed by atoms with Gasteiger partial charge in [0.15, 0.2) is 11.7 Å². The van der Waals surface area contributed by atoms with E-state index in [1.54, 1.807) is 4.90 Å². The van der Waals surface area contributed by atoms with Crippen molar-refractivity contribution in [3.63, 3.8) is 0 Å². The fraction of sp³-hybridized carbons (Fsp3) is 0.421. The van der Waals surface area contributed by atoms with Crippen LogP contribution in [0.2, 0.25) is 0 Å². The Morgan fingerprint density at radius 3 is 2.81 bits per heavy atom. The Balaban J connectivity index is 1.33. The molecule has 1 aromatic carbocycles. The predicted molar refractivity (Wildman–Crippen MR) is 99.3 cm³/mol. The van der Waals surface area contributed by atoms with Crippen LogP contribution in [-0.4, -0.2) is 34.8 Å². The molecule has 0 unspecified atom stereocenters. The third kappa shape index (κ3) is 3.88. The molecule has 1 aliphatic carbocycles. The number of amides is 2. The first kappa shape index (κ1) is 17.0. The Kier molecular flexibility index (Phi) is 4.63. The Labute approximate surface area is 156 Å². The van der Waals surface area contributed by atoms with Gasteiger partial charge in [-0.05, 0) is 31.9 Å². The van der Waals surface area contributed by atoms with Crippen LogP contribution in [0.3, 0.4) is 0 Å². The van der Waals surface area contributed by atoms with Crippen LogP contribution in [0.15, 0.2) is 24.3 Å². The van der Waals surface area contributed by atoms with Gasteiger partial charge in [-0.15, -0.1) is 0 Å². The van der Waals surface area contributed by atoms with Crippen LogP contribution in [-0.2, 0) is 22.6 Å². The number of benzene rings is 1. The zero-order valence-corrected chi connectivity index (χ0v) is 15.5. The quantitative estimate of drug-likeness (QED) is 0.877. The fourth-order valence-electron chi connectivity index (χ4n) is 2.89. The first-order chi connectivity index (χ1) is 12.6. The monoisotopic (exact) mass is 371 g/mol. The number of anilines is 1. The number of hydrogen-bond acceptors (Lipinski definition) is 5. The Bertz CT molecular complexity index is 827. The highest BCUT2D eigenvalue weighted by Crippen LogP contribution is 2.33. The van der Waals surface area contributed by atoms with Gasteiger partial charge in [-0.1, -0.05) is 29.0 Å². The topological polar surface area (TPSA) is 71.5 Å². The molecular formula is C19H21N3O3S. The lowest BCUT2D eigenvalue weighted by molar-refractivity contribution is -0.134. The normalized spacial score (nSPS) is 16.1. The molecule has 1 aromatic heterocycles. The van der Waals surface area contributed by atoms with Gasteiger partial charge in [0.25, 0.3) is 5.91 Å². The highest BCUT2D eigenvalue weighted by molar-refractivity contribution is 7.15. The van der Waals surface area contributed by atoms with E-state index in [1.165, 1.54) is 11.3 Å². The van der Waals surface area contributed by atoms with Crippen molar-refractivity contribution in [1.29, 1.82) is 0 Å². The number of thiazole rings is 1. The average Bonchev–Trinajstić information content (AvgIpc) is 3.41. The SMILES string of the molecule is Cc1ccc(OCC(=O)N2CCc3nc(NC(=O)C4CC4)sc3C2)cc1. The summed E-state index contributed by atoms with van der Waals surface area (Å²) in [6, 6.07) is 7.66. The minimum absolute atomic E-state index is 0.0302. The molecule has 136 valence electrons. The molecular weight excluding hydrogens is 350 g/mol. The Morgan fingerprint density at radius 2 is 2.08 bits per heavy atom. The number of nitrogens with one attached hydrogen (secondary N) is 1. The van der Waals surface area contributed by atoms with Gasteiger partial charge in [-0.25, -0.2) is 4.98 Å². The van der Waals surface area contributed by atoms with Gasteiger partial charge in [0.05, 0.1) is 12.2 Å². The molecule has 0 spiro atoms. The first-order valence-electron chi connectivity index (χ1n) is 8.85. The minimum Gasteiger partial charge on any atom is -0.484 e. The molecule has 1 N–H and O–H groups in total. The van der Waals surface area contributed by atoms with E-state index in [0.717, 1.165) is 29.0 Å². The van der Waals surface area contributed by atoms with E-state index < -0.39 is 0 Å². The minimum atomic E-state index is -0.0341. The molecule has 7 heteroatoms. The van der Waals surface area contributed by atoms with Crippen LogP contribution < -0.4 is 10.1 Å². The van der Waals surface area contributed by atoms with Gasteiger partial charge in [-0.2, -0.15) is 0 Å². The van der Waals surface area contributed by atoms with E-state index in [4.69, 9.17) is 4.74 Å². The van der Waals surface area contributed by atoms with Gasteiger partial charge in [-0.3, -0.25) is 9.59 Å². The summed E-state index contributed by atoms with van der Waals surface area (Å²) in [5.74, 6) is 0.890. The number of rotatable bonds is 5. The third-order valence-corrected chi connectivity index (χ3v) is 5.64. The highest BCUT2D eigenvalue weighted by atomic mass is 32.1. The van der Waals surface area contributed by atoms with Crippen molar-refractivity contribution in [2.24, 2.45) is 5.92 Å². The van der Waals surface area contributed by atoms with Gasteiger partial charge >= 0.3 is 0 Å². The second-order valence-electron chi connectivity index (χ2n) is 6.82. The maximum absolute atomic E-state index is 12.4. The van der Waals surface area contributed by atoms with Crippen molar-refractivity contribution in [2.75, 3.05) is 18.5 Å². The summed E-state index contributed by atoms with van der Waals surface area (Å²) < 4.78 is 5.59. The number of hydrogen-bond donors (Lipinski definition) is 1. The molecule has 0 saturated heterocycles. The number of ether oxygens (including phenoxy) is 1. The van der Waals surface area contributed by atoms with Crippen molar-refractivity contribution in [3.8, 4) is 5.75 Å². The average molecular weight is 371 g/mol. The lowest BCUT2D eigenvalue weighted by Crippen LogP contribution is -2.38. The maximum atomic E-state index is 12.4. The molecule has 0 radical (unpaired) electrons. The summed E-state index contributed by atoms with van der Waals surface area (Å²) in [7, 11) is 0. The van der Waals surface area contributed by atoms with E-state index in [0.29, 0.717) is 30.4 Å². The Morgan fingerprint density at radius 1 is 1.31 bits per heavy atom. The van der Waals surface area contributed by atoms with Gasteiger partial charge in [0.1, 0.15) is 5.75 Å². The number of aryl methyl sites for hydroxylation is 1. The maximum Gasteiger partial charge on any atom is 0.260 e. The molecule has 1 saturated carbocycles. The third-order valence-electron chi connectivity index (χ3n) is 4.65. The number of carbonyl (C=O) groups excluding carboxylic acids is 2. The zero-order valence-electron chi connectivity index (χ0n) is 14.7. The van der Waals surface area contributed by atoms with Crippen molar-refractivity contribution < 1.29 is 14.3 Å². The molecule has 6 nitrogen and oxygen atoms in total. The van der Waals surface area contributed by atoms with Crippen LogP contribution in [0.5, 0.6) is 5.75 Å². The highest BCUT2D eigenvalue weighted by Gasteiger charge is 2.31. The first-order valence-corrected chi connectivity index (χ1v) is 9.67. The summed E-state index contributed by atoms with van der Waals surface area (Å²) in [4.78, 5) is 31.7. The molecule has 2 amide bonds. The number of nitrogens with zero attached hydrogens (tertiary/aromatic N) is 2. The van der Waals surface area contributed by atoms with E-state index in [2.05, 4.69) is 10.3 Å². The van der Waals surface area contributed by atoms with E-state index in [9.17, 15) is 9.59 Å². The molecule has 4 rings (SSSR count). The van der Waals surface area contributed by atoms with Crippen LogP contribution >= 0.6 is 11.3 Å². The molecule has 0 atom stereocenters. The second kappa shape index (κ2) is 7.07. The van der Waals surface area contributed by atoms with E-state index in [-0.39, 0.29) is 24.3 Å². The fourth-order valence-corrected chi connectivity index (χ4v) is 3.91. The summed E-state index contributed by atoms with van der Waals surface area (Å²) in [6.45, 7) is 3.20. The number of carbonyl (C=O) groups is 2.